The lowest BCUT2D eigenvalue weighted by atomic mass is 10.0. The quantitative estimate of drug-likeness (QED) is 0.863. The number of hydrogen-bond donors (Lipinski definition) is 1. The first kappa shape index (κ1) is 13.8. The van der Waals surface area contributed by atoms with Gasteiger partial charge in [-0.1, -0.05) is 37.6 Å². The minimum atomic E-state index is 0.381. The molecule has 5 heteroatoms. The van der Waals surface area contributed by atoms with Gasteiger partial charge in [-0.3, -0.25) is 0 Å². The van der Waals surface area contributed by atoms with E-state index < -0.39 is 0 Å². The molecule has 0 fully saturated rings. The molecule has 2 N–H and O–H groups in total. The molecule has 1 aromatic carbocycles. The van der Waals surface area contributed by atoms with Crippen LogP contribution in [0.2, 0.25) is 5.02 Å². The van der Waals surface area contributed by atoms with Gasteiger partial charge < -0.3 is 5.73 Å². The molecule has 2 aromatic rings. The fourth-order valence-electron chi connectivity index (χ4n) is 1.82. The van der Waals surface area contributed by atoms with Crippen LogP contribution in [-0.2, 0) is 6.42 Å². The summed E-state index contributed by atoms with van der Waals surface area (Å²) in [6, 6.07) is 5.90. The summed E-state index contributed by atoms with van der Waals surface area (Å²) in [5.41, 5.74) is 8.06. The summed E-state index contributed by atoms with van der Waals surface area (Å²) in [5, 5.41) is 1.36. The van der Waals surface area contributed by atoms with Crippen molar-refractivity contribution in [2.45, 2.75) is 26.2 Å². The second kappa shape index (κ2) is 5.59. The van der Waals surface area contributed by atoms with E-state index in [2.05, 4.69) is 40.8 Å². The molecule has 0 unspecified atom stereocenters. The van der Waals surface area contributed by atoms with Gasteiger partial charge in [-0.15, -0.1) is 11.3 Å². The number of nitrogen functional groups attached to an aromatic ring is 1. The van der Waals surface area contributed by atoms with Crippen molar-refractivity contribution in [1.29, 1.82) is 0 Å². The molecule has 0 spiro atoms. The van der Waals surface area contributed by atoms with Crippen molar-refractivity contribution in [2.24, 2.45) is 0 Å². The molecule has 0 amide bonds. The maximum Gasteiger partial charge on any atom is 0.180 e. The molecule has 0 bridgehead atoms. The Morgan fingerprint density at radius 2 is 2.17 bits per heavy atom. The Kier molecular flexibility index (Phi) is 4.30. The van der Waals surface area contributed by atoms with Crippen molar-refractivity contribution in [3.05, 3.63) is 43.8 Å². The summed E-state index contributed by atoms with van der Waals surface area (Å²) in [4.78, 5) is 5.62. The van der Waals surface area contributed by atoms with Crippen molar-refractivity contribution >= 4 is 44.0 Å². The molecule has 1 aromatic heterocycles. The van der Waals surface area contributed by atoms with E-state index in [4.69, 9.17) is 17.3 Å². The minimum Gasteiger partial charge on any atom is -0.375 e. The topological polar surface area (TPSA) is 38.9 Å². The fraction of sp³-hybridized carbons (Fsp3) is 0.308. The molecule has 0 aliphatic heterocycles. The maximum atomic E-state index is 6.10. The Morgan fingerprint density at radius 3 is 2.83 bits per heavy atom. The van der Waals surface area contributed by atoms with Crippen LogP contribution in [0.25, 0.3) is 0 Å². The number of thiazole rings is 1. The van der Waals surface area contributed by atoms with Crippen LogP contribution in [0.4, 0.5) is 5.13 Å². The van der Waals surface area contributed by atoms with Gasteiger partial charge in [0.05, 0.1) is 10.7 Å². The van der Waals surface area contributed by atoms with Crippen LogP contribution in [0.5, 0.6) is 0 Å². The third-order valence-corrected chi connectivity index (χ3v) is 5.05. The number of anilines is 1. The SMILES string of the molecule is CC(C)c1nc(N)sc1Cc1cccc(Cl)c1Br. The molecule has 0 aliphatic carbocycles. The van der Waals surface area contributed by atoms with Crippen LogP contribution >= 0.6 is 38.9 Å². The summed E-state index contributed by atoms with van der Waals surface area (Å²) < 4.78 is 0.952. The molecule has 96 valence electrons. The van der Waals surface area contributed by atoms with Crippen molar-refractivity contribution < 1.29 is 0 Å². The molecule has 2 rings (SSSR count). The van der Waals surface area contributed by atoms with Crippen LogP contribution in [0.3, 0.4) is 0 Å². The number of aromatic nitrogens is 1. The molecule has 1 heterocycles. The van der Waals surface area contributed by atoms with Gasteiger partial charge in [0.15, 0.2) is 5.13 Å². The van der Waals surface area contributed by atoms with Crippen LogP contribution < -0.4 is 5.73 Å². The van der Waals surface area contributed by atoms with Crippen molar-refractivity contribution in [3.8, 4) is 0 Å². The second-order valence-electron chi connectivity index (χ2n) is 4.40. The standard InChI is InChI=1S/C13H14BrClN2S/c1-7(2)12-10(18-13(16)17-12)6-8-4-3-5-9(15)11(8)14/h3-5,7H,6H2,1-2H3,(H2,16,17). The smallest absolute Gasteiger partial charge is 0.180 e. The van der Waals surface area contributed by atoms with Gasteiger partial charge in [-0.25, -0.2) is 4.98 Å². The van der Waals surface area contributed by atoms with E-state index in [1.54, 1.807) is 11.3 Å². The predicted molar refractivity (Wildman–Crippen MR) is 82.6 cm³/mol. The summed E-state index contributed by atoms with van der Waals surface area (Å²) in [6.45, 7) is 4.26. The van der Waals surface area contributed by atoms with Gasteiger partial charge in [0, 0.05) is 15.8 Å². The normalized spacial score (nSPS) is 11.2. The van der Waals surface area contributed by atoms with E-state index in [9.17, 15) is 0 Å². The Balaban J connectivity index is 2.37. The molecule has 18 heavy (non-hydrogen) atoms. The lowest BCUT2D eigenvalue weighted by Gasteiger charge is -2.07. The van der Waals surface area contributed by atoms with Gasteiger partial charge in [-0.05, 0) is 33.5 Å². The van der Waals surface area contributed by atoms with Gasteiger partial charge in [0.1, 0.15) is 0 Å². The Labute approximate surface area is 124 Å². The Hall–Kier alpha value is -0.580. The molecule has 0 saturated heterocycles. The Bertz CT molecular complexity index is 566. The predicted octanol–water partition coefficient (Wildman–Crippen LogP) is 4.86. The summed E-state index contributed by atoms with van der Waals surface area (Å²) in [6.07, 6.45) is 0.809. The summed E-state index contributed by atoms with van der Waals surface area (Å²) in [7, 11) is 0. The van der Waals surface area contributed by atoms with Crippen LogP contribution in [0, 0.1) is 0 Å². The average molecular weight is 346 g/mol. The number of benzene rings is 1. The molecular formula is C13H14BrClN2S. The zero-order valence-corrected chi connectivity index (χ0v) is 13.4. The number of hydrogen-bond acceptors (Lipinski definition) is 3. The molecular weight excluding hydrogens is 332 g/mol. The third-order valence-electron chi connectivity index (χ3n) is 2.67. The van der Waals surface area contributed by atoms with E-state index in [1.165, 1.54) is 4.88 Å². The van der Waals surface area contributed by atoms with E-state index in [1.807, 2.05) is 12.1 Å². The molecule has 0 aliphatic rings. The van der Waals surface area contributed by atoms with Gasteiger partial charge in [0.2, 0.25) is 0 Å². The van der Waals surface area contributed by atoms with Crippen LogP contribution in [0.15, 0.2) is 22.7 Å². The zero-order chi connectivity index (χ0) is 13.3. The van der Waals surface area contributed by atoms with Gasteiger partial charge in [0.25, 0.3) is 0 Å². The van der Waals surface area contributed by atoms with Crippen molar-refractivity contribution in [3.63, 3.8) is 0 Å². The van der Waals surface area contributed by atoms with E-state index in [0.29, 0.717) is 11.0 Å². The van der Waals surface area contributed by atoms with Gasteiger partial charge >= 0.3 is 0 Å². The third kappa shape index (κ3) is 2.87. The fourth-order valence-corrected chi connectivity index (χ4v) is 3.43. The zero-order valence-electron chi connectivity index (χ0n) is 10.2. The maximum absolute atomic E-state index is 6.10. The Morgan fingerprint density at radius 1 is 1.44 bits per heavy atom. The number of nitrogens with zero attached hydrogens (tertiary/aromatic N) is 1. The largest absolute Gasteiger partial charge is 0.375 e. The highest BCUT2D eigenvalue weighted by Crippen LogP contribution is 2.33. The second-order valence-corrected chi connectivity index (χ2v) is 6.72. The first-order valence-corrected chi connectivity index (χ1v) is 7.65. The average Bonchev–Trinajstić information content (AvgIpc) is 2.66. The highest BCUT2D eigenvalue weighted by Gasteiger charge is 2.15. The summed E-state index contributed by atoms with van der Waals surface area (Å²) in [5.74, 6) is 0.381. The van der Waals surface area contributed by atoms with Gasteiger partial charge in [-0.2, -0.15) is 0 Å². The first-order valence-electron chi connectivity index (χ1n) is 5.67. The molecule has 0 saturated carbocycles. The summed E-state index contributed by atoms with van der Waals surface area (Å²) >= 11 is 11.2. The number of nitrogens with two attached hydrogens (primary N) is 1. The molecule has 0 atom stereocenters. The van der Waals surface area contributed by atoms with E-state index in [-0.39, 0.29) is 0 Å². The van der Waals surface area contributed by atoms with Crippen LogP contribution in [-0.4, -0.2) is 4.98 Å². The van der Waals surface area contributed by atoms with Crippen LogP contribution in [0.1, 0.15) is 35.9 Å². The van der Waals surface area contributed by atoms with E-state index in [0.717, 1.165) is 27.2 Å². The highest BCUT2D eigenvalue weighted by atomic mass is 79.9. The molecule has 0 radical (unpaired) electrons. The lowest BCUT2D eigenvalue weighted by molar-refractivity contribution is 0.820. The molecule has 2 nitrogen and oxygen atoms in total. The van der Waals surface area contributed by atoms with Crippen molar-refractivity contribution in [2.75, 3.05) is 5.73 Å². The van der Waals surface area contributed by atoms with E-state index >= 15 is 0 Å². The monoisotopic (exact) mass is 344 g/mol. The first-order chi connectivity index (χ1) is 8.49. The lowest BCUT2D eigenvalue weighted by Crippen LogP contribution is -1.96. The minimum absolute atomic E-state index is 0.381. The number of rotatable bonds is 3. The van der Waals surface area contributed by atoms with Crippen molar-refractivity contribution in [1.82, 2.24) is 4.98 Å². The highest BCUT2D eigenvalue weighted by molar-refractivity contribution is 9.10. The number of halogens is 2.